The summed E-state index contributed by atoms with van der Waals surface area (Å²) in [7, 11) is 0. The van der Waals surface area contributed by atoms with Gasteiger partial charge in [-0.15, -0.1) is 0 Å². The van der Waals surface area contributed by atoms with Gasteiger partial charge in [-0.25, -0.2) is 4.85 Å². The highest BCUT2D eigenvalue weighted by atomic mass is 16.5. The third-order valence-corrected chi connectivity index (χ3v) is 9.01. The summed E-state index contributed by atoms with van der Waals surface area (Å²) in [6, 6.07) is 54.8. The van der Waals surface area contributed by atoms with Crippen molar-refractivity contribution in [2.24, 2.45) is 0 Å². The summed E-state index contributed by atoms with van der Waals surface area (Å²) in [5.74, 6) is 1.72. The van der Waals surface area contributed by atoms with E-state index in [0.717, 1.165) is 67.2 Å². The molecule has 214 valence electrons. The molecule has 46 heavy (non-hydrogen) atoms. The largest absolute Gasteiger partial charge is 0.453 e. The van der Waals surface area contributed by atoms with E-state index < -0.39 is 0 Å². The minimum Gasteiger partial charge on any atom is -0.453 e. The van der Waals surface area contributed by atoms with Gasteiger partial charge in [0.25, 0.3) is 0 Å². The zero-order valence-corrected chi connectivity index (χ0v) is 24.8. The molecule has 3 heteroatoms. The van der Waals surface area contributed by atoms with Crippen LogP contribution >= 0.6 is 0 Å². The highest BCUT2D eigenvalue weighted by Gasteiger charge is 2.23. The fourth-order valence-corrected chi connectivity index (χ4v) is 6.82. The van der Waals surface area contributed by atoms with Gasteiger partial charge in [-0.05, 0) is 87.0 Å². The highest BCUT2D eigenvalue weighted by Crippen LogP contribution is 2.46. The molecule has 7 aromatic carbocycles. The Hall–Kier alpha value is -6.37. The molecule has 9 rings (SSSR count). The Morgan fingerprint density at radius 2 is 1.07 bits per heavy atom. The van der Waals surface area contributed by atoms with E-state index in [1.807, 2.05) is 24.3 Å². The van der Waals surface area contributed by atoms with E-state index in [1.165, 1.54) is 16.3 Å². The first-order valence-electron chi connectivity index (χ1n) is 15.4. The third kappa shape index (κ3) is 4.13. The van der Waals surface area contributed by atoms with E-state index in [-0.39, 0.29) is 0 Å². The van der Waals surface area contributed by atoms with Gasteiger partial charge in [0.1, 0.15) is 0 Å². The van der Waals surface area contributed by atoms with Crippen LogP contribution < -0.4 is 4.74 Å². The predicted octanol–water partition coefficient (Wildman–Crippen LogP) is 12.1. The lowest BCUT2D eigenvalue weighted by atomic mass is 9.94. The fraction of sp³-hybridized carbons (Fsp3) is 0. The van der Waals surface area contributed by atoms with Crippen LogP contribution in [0.3, 0.4) is 0 Å². The van der Waals surface area contributed by atoms with Crippen molar-refractivity contribution >= 4 is 27.5 Å². The number of rotatable bonds is 4. The molecule has 2 heterocycles. The number of fused-ring (bicyclic) bond motifs is 5. The number of hydrogen-bond acceptors (Lipinski definition) is 1. The van der Waals surface area contributed by atoms with E-state index in [1.54, 1.807) is 0 Å². The van der Waals surface area contributed by atoms with Crippen LogP contribution in [0.5, 0.6) is 11.5 Å². The second-order valence-electron chi connectivity index (χ2n) is 11.7. The first-order chi connectivity index (χ1) is 22.7. The Labute approximate surface area is 267 Å². The molecule has 1 aliphatic heterocycles. The topological polar surface area (TPSA) is 18.5 Å². The monoisotopic (exact) mass is 586 g/mol. The van der Waals surface area contributed by atoms with Crippen molar-refractivity contribution in [2.75, 3.05) is 0 Å². The maximum atomic E-state index is 7.92. The molecule has 0 saturated heterocycles. The summed E-state index contributed by atoms with van der Waals surface area (Å²) in [6.45, 7) is 7.92. The Morgan fingerprint density at radius 1 is 0.457 bits per heavy atom. The van der Waals surface area contributed by atoms with Gasteiger partial charge in [0.05, 0.1) is 23.3 Å². The lowest BCUT2D eigenvalue weighted by Crippen LogP contribution is -2.04. The maximum Gasteiger partial charge on any atom is 0.195 e. The van der Waals surface area contributed by atoms with Crippen LogP contribution in [0, 0.1) is 6.57 Å². The summed E-state index contributed by atoms with van der Waals surface area (Å²) >= 11 is 0. The first kappa shape index (κ1) is 26.1. The lowest BCUT2D eigenvalue weighted by molar-refractivity contribution is 0.476. The number of para-hydroxylation sites is 2. The van der Waals surface area contributed by atoms with Crippen LogP contribution in [0.25, 0.3) is 76.8 Å². The SMILES string of the molecule is [C-]#[N+]c1cc(-c2ccccc2)ccc1-c1cccc(-c2cccc(-c3ccc4c(c3)Oc3cccc5c6ccccc6n-4c35)c2)c1. The average molecular weight is 587 g/mol. The molecule has 0 bridgehead atoms. The molecule has 0 unspecified atom stereocenters. The smallest absolute Gasteiger partial charge is 0.195 e. The molecule has 0 saturated carbocycles. The standard InChI is InChI=1S/C43H26N2O/c1-44-38-26-32(28-10-3-2-4-11-28)20-22-35(38)34-15-8-14-31(25-34)29-12-7-13-30(24-29)33-21-23-40-42(27-33)46-41-19-9-17-37-36-16-5-6-18-39(36)45(40)43(37)41/h2-27H. The van der Waals surface area contributed by atoms with Crippen LogP contribution in [-0.2, 0) is 0 Å². The molecule has 0 radical (unpaired) electrons. The molecule has 1 aliphatic rings. The van der Waals surface area contributed by atoms with Gasteiger partial charge < -0.3 is 9.30 Å². The second-order valence-corrected chi connectivity index (χ2v) is 11.7. The Morgan fingerprint density at radius 3 is 1.87 bits per heavy atom. The maximum absolute atomic E-state index is 7.92. The fourth-order valence-electron chi connectivity index (χ4n) is 6.82. The van der Waals surface area contributed by atoms with E-state index in [9.17, 15) is 0 Å². The number of aromatic nitrogens is 1. The summed E-state index contributed by atoms with van der Waals surface area (Å²) in [6.07, 6.45) is 0. The van der Waals surface area contributed by atoms with Gasteiger partial charge in [0, 0.05) is 10.8 Å². The second kappa shape index (κ2) is 10.4. The van der Waals surface area contributed by atoms with Gasteiger partial charge >= 0.3 is 0 Å². The summed E-state index contributed by atoms with van der Waals surface area (Å²) < 4.78 is 8.86. The molecule has 0 aliphatic carbocycles. The molecule has 0 atom stereocenters. The van der Waals surface area contributed by atoms with Gasteiger partial charge in [0.15, 0.2) is 17.2 Å². The minimum atomic E-state index is 0.649. The zero-order chi connectivity index (χ0) is 30.6. The van der Waals surface area contributed by atoms with Crippen LogP contribution in [0.15, 0.2) is 158 Å². The predicted molar refractivity (Wildman–Crippen MR) is 189 cm³/mol. The Kier molecular flexibility index (Phi) is 5.88. The van der Waals surface area contributed by atoms with Crippen LogP contribution in [0.1, 0.15) is 0 Å². The normalized spacial score (nSPS) is 11.6. The van der Waals surface area contributed by atoms with Crippen LogP contribution in [-0.4, -0.2) is 4.57 Å². The highest BCUT2D eigenvalue weighted by molar-refractivity contribution is 6.12. The number of nitrogens with zero attached hydrogens (tertiary/aromatic N) is 2. The number of benzene rings is 7. The lowest BCUT2D eigenvalue weighted by Gasteiger charge is -2.21. The van der Waals surface area contributed by atoms with E-state index in [2.05, 4.69) is 143 Å². The van der Waals surface area contributed by atoms with Gasteiger partial charge in [-0.1, -0.05) is 115 Å². The summed E-state index contributed by atoms with van der Waals surface area (Å²) in [5.41, 5.74) is 12.5. The Balaban J connectivity index is 1.08. The molecule has 0 amide bonds. The molecular weight excluding hydrogens is 560 g/mol. The number of ether oxygens (including phenoxy) is 1. The molecule has 0 N–H and O–H groups in total. The minimum absolute atomic E-state index is 0.649. The average Bonchev–Trinajstić information content (AvgIpc) is 3.47. The summed E-state index contributed by atoms with van der Waals surface area (Å²) in [4.78, 5) is 3.90. The number of hydrogen-bond donors (Lipinski definition) is 0. The molecular formula is C43H26N2O. The summed E-state index contributed by atoms with van der Waals surface area (Å²) in [5, 5.41) is 2.43. The van der Waals surface area contributed by atoms with Crippen molar-refractivity contribution in [1.82, 2.24) is 4.57 Å². The molecule has 3 nitrogen and oxygen atoms in total. The molecule has 1 aromatic heterocycles. The zero-order valence-electron chi connectivity index (χ0n) is 24.8. The van der Waals surface area contributed by atoms with Crippen LogP contribution in [0.4, 0.5) is 5.69 Å². The van der Waals surface area contributed by atoms with Crippen molar-refractivity contribution in [3.63, 3.8) is 0 Å². The van der Waals surface area contributed by atoms with Crippen molar-refractivity contribution in [3.8, 4) is 61.7 Å². The van der Waals surface area contributed by atoms with Gasteiger partial charge in [0.2, 0.25) is 0 Å². The quantitative estimate of drug-likeness (QED) is 0.188. The van der Waals surface area contributed by atoms with Crippen LogP contribution in [0.2, 0.25) is 0 Å². The first-order valence-corrected chi connectivity index (χ1v) is 15.4. The van der Waals surface area contributed by atoms with Crippen molar-refractivity contribution in [1.29, 1.82) is 0 Å². The molecule has 0 fully saturated rings. The van der Waals surface area contributed by atoms with E-state index in [4.69, 9.17) is 11.3 Å². The van der Waals surface area contributed by atoms with Crippen molar-refractivity contribution in [2.45, 2.75) is 0 Å². The van der Waals surface area contributed by atoms with E-state index >= 15 is 0 Å². The van der Waals surface area contributed by atoms with Gasteiger partial charge in [-0.2, -0.15) is 0 Å². The van der Waals surface area contributed by atoms with Crippen molar-refractivity contribution < 1.29 is 4.74 Å². The third-order valence-electron chi connectivity index (χ3n) is 9.01. The molecule has 0 spiro atoms. The van der Waals surface area contributed by atoms with Crippen molar-refractivity contribution in [3.05, 3.63) is 169 Å². The Bertz CT molecular complexity index is 2520. The van der Waals surface area contributed by atoms with E-state index in [0.29, 0.717) is 5.69 Å². The van der Waals surface area contributed by atoms with Gasteiger partial charge in [-0.3, -0.25) is 0 Å². The molecule has 8 aromatic rings.